The normalized spacial score (nSPS) is 10.1. The summed E-state index contributed by atoms with van der Waals surface area (Å²) in [5.74, 6) is -1.21. The smallest absolute Gasteiger partial charge is 0.307 e. The number of anilines is 1. The Bertz CT molecular complexity index is 694. The van der Waals surface area contributed by atoms with Gasteiger partial charge in [0.1, 0.15) is 5.75 Å². The number of benzene rings is 2. The van der Waals surface area contributed by atoms with Gasteiger partial charge in [-0.25, -0.2) is 0 Å². The van der Waals surface area contributed by atoms with Gasteiger partial charge in [0.25, 0.3) is 5.91 Å². The molecule has 0 aromatic heterocycles. The molecule has 0 fully saturated rings. The molecule has 1 amide bonds. The highest BCUT2D eigenvalue weighted by molar-refractivity contribution is 6.05. The van der Waals surface area contributed by atoms with Gasteiger partial charge in [0.2, 0.25) is 0 Å². The highest BCUT2D eigenvalue weighted by Gasteiger charge is 2.13. The number of rotatable bonds is 4. The zero-order valence-electron chi connectivity index (χ0n) is 11.5. The van der Waals surface area contributed by atoms with Crippen LogP contribution in [0.4, 0.5) is 5.69 Å². The third-order valence-corrected chi connectivity index (χ3v) is 3.06. The lowest BCUT2D eigenvalue weighted by Crippen LogP contribution is -2.15. The van der Waals surface area contributed by atoms with Crippen LogP contribution in [0.25, 0.3) is 0 Å². The van der Waals surface area contributed by atoms with Crippen LogP contribution in [-0.4, -0.2) is 22.1 Å². The van der Waals surface area contributed by atoms with Gasteiger partial charge < -0.3 is 15.5 Å². The summed E-state index contributed by atoms with van der Waals surface area (Å²) in [4.78, 5) is 23.1. The minimum atomic E-state index is -0.961. The molecular formula is C16H15NO4. The number of hydrogen-bond donors (Lipinski definition) is 3. The average Bonchev–Trinajstić information content (AvgIpc) is 2.40. The van der Waals surface area contributed by atoms with Crippen LogP contribution >= 0.6 is 0 Å². The molecule has 0 atom stereocenters. The van der Waals surface area contributed by atoms with Crippen LogP contribution in [0, 0.1) is 6.92 Å². The van der Waals surface area contributed by atoms with Crippen LogP contribution in [0.3, 0.4) is 0 Å². The van der Waals surface area contributed by atoms with Crippen molar-refractivity contribution in [2.24, 2.45) is 0 Å². The van der Waals surface area contributed by atoms with E-state index in [0.717, 1.165) is 0 Å². The number of aromatic hydroxyl groups is 1. The Morgan fingerprint density at radius 2 is 1.86 bits per heavy atom. The predicted molar refractivity (Wildman–Crippen MR) is 78.6 cm³/mol. The molecule has 0 aliphatic carbocycles. The van der Waals surface area contributed by atoms with Crippen molar-refractivity contribution in [3.05, 3.63) is 59.2 Å². The summed E-state index contributed by atoms with van der Waals surface area (Å²) in [7, 11) is 0. The van der Waals surface area contributed by atoms with E-state index in [-0.39, 0.29) is 18.1 Å². The van der Waals surface area contributed by atoms with Gasteiger partial charge in [0.05, 0.1) is 6.42 Å². The van der Waals surface area contributed by atoms with E-state index in [0.29, 0.717) is 22.4 Å². The number of phenolic OH excluding ortho intramolecular Hbond substituents is 1. The Morgan fingerprint density at radius 1 is 1.14 bits per heavy atom. The Labute approximate surface area is 121 Å². The lowest BCUT2D eigenvalue weighted by atomic mass is 10.1. The SMILES string of the molecule is Cc1cc(O)ccc1C(=O)Nc1ccccc1CC(=O)O. The molecule has 21 heavy (non-hydrogen) atoms. The molecule has 2 aromatic carbocycles. The standard InChI is InChI=1S/C16H15NO4/c1-10-8-12(18)6-7-13(10)16(21)17-14-5-3-2-4-11(14)9-15(19)20/h2-8,18H,9H2,1H3,(H,17,21)(H,19,20). The lowest BCUT2D eigenvalue weighted by molar-refractivity contribution is -0.136. The highest BCUT2D eigenvalue weighted by Crippen LogP contribution is 2.20. The largest absolute Gasteiger partial charge is 0.508 e. The Balaban J connectivity index is 2.25. The molecule has 0 bridgehead atoms. The molecule has 0 saturated carbocycles. The van der Waals surface area contributed by atoms with Gasteiger partial charge in [-0.05, 0) is 42.3 Å². The molecule has 0 radical (unpaired) electrons. The van der Waals surface area contributed by atoms with Crippen molar-refractivity contribution < 1.29 is 19.8 Å². The van der Waals surface area contributed by atoms with E-state index in [4.69, 9.17) is 5.11 Å². The number of amides is 1. The molecule has 2 aromatic rings. The molecule has 108 valence electrons. The zero-order valence-corrected chi connectivity index (χ0v) is 11.5. The fourth-order valence-corrected chi connectivity index (χ4v) is 2.05. The van der Waals surface area contributed by atoms with E-state index >= 15 is 0 Å². The second-order valence-electron chi connectivity index (χ2n) is 4.68. The number of carbonyl (C=O) groups is 2. The minimum Gasteiger partial charge on any atom is -0.508 e. The molecule has 5 heteroatoms. The van der Waals surface area contributed by atoms with Gasteiger partial charge in [-0.2, -0.15) is 0 Å². The summed E-state index contributed by atoms with van der Waals surface area (Å²) in [6.07, 6.45) is -0.162. The molecule has 0 saturated heterocycles. The van der Waals surface area contributed by atoms with Crippen LogP contribution in [0.2, 0.25) is 0 Å². The van der Waals surface area contributed by atoms with Crippen molar-refractivity contribution >= 4 is 17.6 Å². The van der Waals surface area contributed by atoms with Crippen molar-refractivity contribution in [2.75, 3.05) is 5.32 Å². The van der Waals surface area contributed by atoms with Crippen molar-refractivity contribution in [3.8, 4) is 5.75 Å². The summed E-state index contributed by atoms with van der Waals surface area (Å²) in [6, 6.07) is 11.2. The van der Waals surface area contributed by atoms with E-state index in [1.54, 1.807) is 31.2 Å². The van der Waals surface area contributed by atoms with E-state index in [1.807, 2.05) is 0 Å². The lowest BCUT2D eigenvalue weighted by Gasteiger charge is -2.11. The zero-order chi connectivity index (χ0) is 15.4. The maximum absolute atomic E-state index is 12.2. The van der Waals surface area contributed by atoms with Gasteiger partial charge in [0, 0.05) is 11.3 Å². The monoisotopic (exact) mass is 285 g/mol. The fraction of sp³-hybridized carbons (Fsp3) is 0.125. The van der Waals surface area contributed by atoms with Crippen LogP contribution < -0.4 is 5.32 Å². The first kappa shape index (κ1) is 14.6. The summed E-state index contributed by atoms with van der Waals surface area (Å²) < 4.78 is 0. The van der Waals surface area contributed by atoms with Gasteiger partial charge in [-0.15, -0.1) is 0 Å². The summed E-state index contributed by atoms with van der Waals surface area (Å²) >= 11 is 0. The van der Waals surface area contributed by atoms with E-state index < -0.39 is 5.97 Å². The third-order valence-electron chi connectivity index (χ3n) is 3.06. The van der Waals surface area contributed by atoms with Crippen LogP contribution in [-0.2, 0) is 11.2 Å². The van der Waals surface area contributed by atoms with Gasteiger partial charge in [-0.3, -0.25) is 9.59 Å². The molecule has 0 unspecified atom stereocenters. The Morgan fingerprint density at radius 3 is 2.52 bits per heavy atom. The molecule has 0 spiro atoms. The summed E-state index contributed by atoms with van der Waals surface area (Å²) in [6.45, 7) is 1.72. The predicted octanol–water partition coefficient (Wildman–Crippen LogP) is 2.58. The van der Waals surface area contributed by atoms with E-state index in [9.17, 15) is 14.7 Å². The quantitative estimate of drug-likeness (QED) is 0.805. The first-order chi connectivity index (χ1) is 9.97. The topological polar surface area (TPSA) is 86.6 Å². The number of nitrogens with one attached hydrogen (secondary N) is 1. The maximum atomic E-state index is 12.2. The summed E-state index contributed by atoms with van der Waals surface area (Å²) in [5, 5.41) is 20.9. The number of hydrogen-bond acceptors (Lipinski definition) is 3. The summed E-state index contributed by atoms with van der Waals surface area (Å²) in [5.41, 5.74) is 2.08. The highest BCUT2D eigenvalue weighted by atomic mass is 16.4. The minimum absolute atomic E-state index is 0.0929. The number of carboxylic acids is 1. The van der Waals surface area contributed by atoms with Gasteiger partial charge in [-0.1, -0.05) is 18.2 Å². The Kier molecular flexibility index (Phi) is 4.23. The first-order valence-electron chi connectivity index (χ1n) is 6.38. The van der Waals surface area contributed by atoms with Crippen molar-refractivity contribution in [1.82, 2.24) is 0 Å². The third kappa shape index (κ3) is 3.60. The molecule has 5 nitrogen and oxygen atoms in total. The molecule has 2 rings (SSSR count). The van der Waals surface area contributed by atoms with Gasteiger partial charge >= 0.3 is 5.97 Å². The number of carbonyl (C=O) groups excluding carboxylic acids is 1. The fourth-order valence-electron chi connectivity index (χ4n) is 2.05. The molecule has 0 heterocycles. The number of aryl methyl sites for hydroxylation is 1. The number of para-hydroxylation sites is 1. The molecule has 0 aliphatic heterocycles. The van der Waals surface area contributed by atoms with Crippen molar-refractivity contribution in [3.63, 3.8) is 0 Å². The number of aliphatic carboxylic acids is 1. The molecular weight excluding hydrogens is 270 g/mol. The van der Waals surface area contributed by atoms with Crippen LogP contribution in [0.1, 0.15) is 21.5 Å². The van der Waals surface area contributed by atoms with Crippen molar-refractivity contribution in [1.29, 1.82) is 0 Å². The number of carboxylic acid groups (broad SMARTS) is 1. The van der Waals surface area contributed by atoms with Crippen LogP contribution in [0.15, 0.2) is 42.5 Å². The van der Waals surface area contributed by atoms with E-state index in [1.165, 1.54) is 18.2 Å². The second-order valence-corrected chi connectivity index (χ2v) is 4.68. The Hall–Kier alpha value is -2.82. The molecule has 3 N–H and O–H groups in total. The second kappa shape index (κ2) is 6.09. The maximum Gasteiger partial charge on any atom is 0.307 e. The van der Waals surface area contributed by atoms with E-state index in [2.05, 4.69) is 5.32 Å². The number of phenols is 1. The average molecular weight is 285 g/mol. The van der Waals surface area contributed by atoms with Gasteiger partial charge in [0.15, 0.2) is 0 Å². The van der Waals surface area contributed by atoms with Crippen LogP contribution in [0.5, 0.6) is 5.75 Å². The van der Waals surface area contributed by atoms with Crippen molar-refractivity contribution in [2.45, 2.75) is 13.3 Å². The molecule has 0 aliphatic rings. The first-order valence-corrected chi connectivity index (χ1v) is 6.38.